The van der Waals surface area contributed by atoms with Crippen LogP contribution in [0.15, 0.2) is 20.9 Å². The molecule has 0 spiro atoms. The Morgan fingerprint density at radius 2 is 2.53 bits per heavy atom. The average molecular weight is 305 g/mol. The summed E-state index contributed by atoms with van der Waals surface area (Å²) in [6.07, 6.45) is 0. The normalized spacial score (nSPS) is 21.2. The van der Waals surface area contributed by atoms with Crippen molar-refractivity contribution in [3.63, 3.8) is 0 Å². The molecule has 0 aliphatic carbocycles. The molecule has 0 bridgehead atoms. The lowest BCUT2D eigenvalue weighted by Gasteiger charge is -2.17. The number of amidine groups is 1. The van der Waals surface area contributed by atoms with Crippen molar-refractivity contribution in [2.75, 3.05) is 12.3 Å². The monoisotopic (exact) mass is 304 g/mol. The van der Waals surface area contributed by atoms with E-state index in [-0.39, 0.29) is 0 Å². The molecule has 0 aromatic carbocycles. The molecular weight excluding hydrogens is 292 g/mol. The van der Waals surface area contributed by atoms with Crippen molar-refractivity contribution in [3.8, 4) is 0 Å². The van der Waals surface area contributed by atoms with Gasteiger partial charge in [0.2, 0.25) is 0 Å². The second kappa shape index (κ2) is 5.37. The van der Waals surface area contributed by atoms with Gasteiger partial charge in [0.25, 0.3) is 0 Å². The van der Waals surface area contributed by atoms with Gasteiger partial charge < -0.3 is 5.32 Å². The van der Waals surface area contributed by atoms with Crippen molar-refractivity contribution in [1.29, 1.82) is 0 Å². The Hall–Kier alpha value is -0.000000000000000111. The number of hydrogen-bond acceptors (Lipinski definition) is 4. The number of nitrogens with zero attached hydrogens (tertiary/aromatic N) is 1. The zero-order valence-electron chi connectivity index (χ0n) is 8.50. The minimum absolute atomic E-state index is 0.719. The van der Waals surface area contributed by atoms with E-state index in [1.165, 1.54) is 10.6 Å². The fourth-order valence-electron chi connectivity index (χ4n) is 1.27. The molecule has 2 nitrogen and oxygen atoms in total. The first-order valence-corrected chi connectivity index (χ1v) is 7.54. The molecule has 5 heteroatoms. The van der Waals surface area contributed by atoms with Crippen LogP contribution in [0.2, 0.25) is 0 Å². The third-order valence-electron chi connectivity index (χ3n) is 2.09. The van der Waals surface area contributed by atoms with Crippen LogP contribution in [0.25, 0.3) is 0 Å². The van der Waals surface area contributed by atoms with E-state index in [2.05, 4.69) is 44.6 Å². The van der Waals surface area contributed by atoms with Gasteiger partial charge in [-0.25, -0.2) is 0 Å². The number of thiophene rings is 1. The van der Waals surface area contributed by atoms with Crippen molar-refractivity contribution in [2.24, 2.45) is 10.9 Å². The first-order chi connectivity index (χ1) is 7.24. The van der Waals surface area contributed by atoms with Crippen LogP contribution in [0.4, 0.5) is 0 Å². The standard InChI is InChI=1S/C10H13BrN2S2/c1-7-3-12-10(15-5-7)13-4-9-2-8(11)6-14-9/h2,6-7H,3-5H2,1H3,(H,12,13). The molecule has 0 amide bonds. The molecule has 0 saturated carbocycles. The highest BCUT2D eigenvalue weighted by atomic mass is 79.9. The van der Waals surface area contributed by atoms with E-state index in [9.17, 15) is 0 Å². The van der Waals surface area contributed by atoms with E-state index in [0.717, 1.165) is 28.6 Å². The summed E-state index contributed by atoms with van der Waals surface area (Å²) in [6, 6.07) is 2.15. The van der Waals surface area contributed by atoms with Gasteiger partial charge in [-0.15, -0.1) is 11.3 Å². The van der Waals surface area contributed by atoms with Gasteiger partial charge in [-0.1, -0.05) is 18.7 Å². The predicted molar refractivity (Wildman–Crippen MR) is 72.8 cm³/mol. The second-order valence-electron chi connectivity index (χ2n) is 3.65. The van der Waals surface area contributed by atoms with Crippen molar-refractivity contribution in [2.45, 2.75) is 13.5 Å². The molecule has 1 aromatic rings. The van der Waals surface area contributed by atoms with Crippen LogP contribution in [-0.4, -0.2) is 17.5 Å². The second-order valence-corrected chi connectivity index (χ2v) is 6.57. The highest BCUT2D eigenvalue weighted by Gasteiger charge is 2.11. The third-order valence-corrected chi connectivity index (χ3v) is 5.07. The molecule has 0 radical (unpaired) electrons. The Labute approximate surface area is 107 Å². The molecule has 2 rings (SSSR count). The largest absolute Gasteiger partial charge is 0.360 e. The molecule has 2 heterocycles. The maximum atomic E-state index is 4.49. The number of rotatable bonds is 2. The quantitative estimate of drug-likeness (QED) is 0.906. The molecule has 1 aliphatic heterocycles. The maximum absolute atomic E-state index is 4.49. The summed E-state index contributed by atoms with van der Waals surface area (Å²) in [4.78, 5) is 5.83. The molecular formula is C10H13BrN2S2. The number of aliphatic imine (C=N–C) groups is 1. The lowest BCUT2D eigenvalue weighted by Crippen LogP contribution is -2.25. The van der Waals surface area contributed by atoms with Gasteiger partial charge in [0.15, 0.2) is 5.17 Å². The lowest BCUT2D eigenvalue weighted by atomic mass is 10.2. The van der Waals surface area contributed by atoms with E-state index >= 15 is 0 Å². The van der Waals surface area contributed by atoms with Crippen LogP contribution in [0.1, 0.15) is 11.8 Å². The summed E-state index contributed by atoms with van der Waals surface area (Å²) in [5.74, 6) is 1.90. The number of nitrogens with one attached hydrogen (secondary N) is 1. The van der Waals surface area contributed by atoms with Gasteiger partial charge in [0.1, 0.15) is 0 Å². The summed E-state index contributed by atoms with van der Waals surface area (Å²) in [5.41, 5.74) is 0. The van der Waals surface area contributed by atoms with Crippen LogP contribution in [0, 0.1) is 5.92 Å². The Balaban J connectivity index is 1.83. The summed E-state index contributed by atoms with van der Waals surface area (Å²) in [7, 11) is 0. The van der Waals surface area contributed by atoms with Gasteiger partial charge in [-0.3, -0.25) is 4.99 Å². The van der Waals surface area contributed by atoms with Crippen LogP contribution in [-0.2, 0) is 6.54 Å². The Kier molecular flexibility index (Phi) is 4.11. The Bertz CT molecular complexity index is 362. The van der Waals surface area contributed by atoms with Crippen molar-refractivity contribution >= 4 is 44.2 Å². The van der Waals surface area contributed by atoms with E-state index in [4.69, 9.17) is 0 Å². The molecule has 0 fully saturated rings. The van der Waals surface area contributed by atoms with E-state index in [0.29, 0.717) is 0 Å². The Morgan fingerprint density at radius 3 is 3.13 bits per heavy atom. The van der Waals surface area contributed by atoms with Crippen LogP contribution >= 0.6 is 39.0 Å². The van der Waals surface area contributed by atoms with Crippen LogP contribution in [0.3, 0.4) is 0 Å². The SMILES string of the molecule is CC1CN=C(NCc2cc(Br)cs2)SC1. The molecule has 82 valence electrons. The molecule has 1 unspecified atom stereocenters. The first-order valence-electron chi connectivity index (χ1n) is 4.88. The van der Waals surface area contributed by atoms with Gasteiger partial charge in [-0.2, -0.15) is 0 Å². The summed E-state index contributed by atoms with van der Waals surface area (Å²) >= 11 is 7.05. The summed E-state index contributed by atoms with van der Waals surface area (Å²) in [5, 5.41) is 6.58. The molecule has 0 saturated heterocycles. The summed E-state index contributed by atoms with van der Waals surface area (Å²) in [6.45, 7) is 4.09. The van der Waals surface area contributed by atoms with Gasteiger partial charge in [0.05, 0.1) is 6.54 Å². The zero-order chi connectivity index (χ0) is 10.7. The van der Waals surface area contributed by atoms with Gasteiger partial charge >= 0.3 is 0 Å². The van der Waals surface area contributed by atoms with Crippen molar-refractivity contribution in [3.05, 3.63) is 20.8 Å². The predicted octanol–water partition coefficient (Wildman–Crippen LogP) is 3.34. The highest BCUT2D eigenvalue weighted by molar-refractivity contribution is 9.10. The fourth-order valence-corrected chi connectivity index (χ4v) is 3.55. The molecule has 15 heavy (non-hydrogen) atoms. The van der Waals surface area contributed by atoms with E-state index in [1.807, 2.05) is 11.8 Å². The van der Waals surface area contributed by atoms with Crippen LogP contribution in [0.5, 0.6) is 0 Å². The van der Waals surface area contributed by atoms with Crippen molar-refractivity contribution in [1.82, 2.24) is 5.32 Å². The van der Waals surface area contributed by atoms with Crippen LogP contribution < -0.4 is 5.32 Å². The molecule has 1 atom stereocenters. The van der Waals surface area contributed by atoms with Crippen molar-refractivity contribution < 1.29 is 0 Å². The third kappa shape index (κ3) is 3.50. The Morgan fingerprint density at radius 1 is 1.67 bits per heavy atom. The first kappa shape index (κ1) is 11.5. The van der Waals surface area contributed by atoms with Gasteiger partial charge in [0, 0.05) is 27.0 Å². The number of hydrogen-bond donors (Lipinski definition) is 1. The van der Waals surface area contributed by atoms with Gasteiger partial charge in [-0.05, 0) is 27.9 Å². The smallest absolute Gasteiger partial charge is 0.156 e. The fraction of sp³-hybridized carbons (Fsp3) is 0.500. The minimum atomic E-state index is 0.719. The zero-order valence-corrected chi connectivity index (χ0v) is 11.7. The highest BCUT2D eigenvalue weighted by Crippen LogP contribution is 2.20. The number of thioether (sulfide) groups is 1. The summed E-state index contributed by atoms with van der Waals surface area (Å²) < 4.78 is 1.16. The molecule has 1 aliphatic rings. The van der Waals surface area contributed by atoms with E-state index < -0.39 is 0 Å². The van der Waals surface area contributed by atoms with E-state index in [1.54, 1.807) is 11.3 Å². The number of halogens is 1. The minimum Gasteiger partial charge on any atom is -0.360 e. The molecule has 1 N–H and O–H groups in total. The lowest BCUT2D eigenvalue weighted by molar-refractivity contribution is 0.669. The topological polar surface area (TPSA) is 24.4 Å². The maximum Gasteiger partial charge on any atom is 0.156 e. The average Bonchev–Trinajstić information content (AvgIpc) is 2.64. The molecule has 1 aromatic heterocycles.